The monoisotopic (exact) mass is 363 g/mol. The molecule has 0 saturated carbocycles. The van der Waals surface area contributed by atoms with Crippen LogP contribution in [0.3, 0.4) is 0 Å². The number of para-hydroxylation sites is 1. The van der Waals surface area contributed by atoms with Crippen molar-refractivity contribution < 1.29 is 9.21 Å². The standard InChI is InChI=1S/C20H21N5O2/c1-2-9-21-18-15-6-3-4-7-16(15)22-20(23-18)25-12-10-24(11-13-25)19(26)17-8-5-14-27-17/h2-8,14H,1,9-13H2,(H,21,22,23). The largest absolute Gasteiger partial charge is 0.459 e. The molecule has 1 aliphatic rings. The van der Waals surface area contributed by atoms with E-state index in [-0.39, 0.29) is 5.91 Å². The van der Waals surface area contributed by atoms with Crippen LogP contribution in [0.2, 0.25) is 0 Å². The van der Waals surface area contributed by atoms with Crippen molar-refractivity contribution in [2.24, 2.45) is 0 Å². The summed E-state index contributed by atoms with van der Waals surface area (Å²) in [6.07, 6.45) is 3.32. The summed E-state index contributed by atoms with van der Waals surface area (Å²) >= 11 is 0. The summed E-state index contributed by atoms with van der Waals surface area (Å²) in [5.41, 5.74) is 0.892. The predicted molar refractivity (Wildman–Crippen MR) is 105 cm³/mol. The smallest absolute Gasteiger partial charge is 0.289 e. The summed E-state index contributed by atoms with van der Waals surface area (Å²) in [4.78, 5) is 25.8. The van der Waals surface area contributed by atoms with E-state index in [1.165, 1.54) is 6.26 Å². The molecule has 0 unspecified atom stereocenters. The summed E-state index contributed by atoms with van der Waals surface area (Å²) in [6.45, 7) is 6.93. The van der Waals surface area contributed by atoms with Gasteiger partial charge in [0.25, 0.3) is 5.91 Å². The van der Waals surface area contributed by atoms with E-state index in [4.69, 9.17) is 14.4 Å². The van der Waals surface area contributed by atoms with Crippen molar-refractivity contribution in [1.82, 2.24) is 14.9 Å². The molecule has 0 spiro atoms. The van der Waals surface area contributed by atoms with Gasteiger partial charge >= 0.3 is 0 Å². The Bertz CT molecular complexity index is 946. The first-order valence-corrected chi connectivity index (χ1v) is 8.95. The molecule has 3 heterocycles. The number of hydrogen-bond donors (Lipinski definition) is 1. The molecule has 3 aromatic rings. The number of carbonyl (C=O) groups is 1. The van der Waals surface area contributed by atoms with Gasteiger partial charge in [-0.3, -0.25) is 4.79 Å². The maximum Gasteiger partial charge on any atom is 0.289 e. The average molecular weight is 363 g/mol. The molecule has 1 aliphatic heterocycles. The summed E-state index contributed by atoms with van der Waals surface area (Å²) < 4.78 is 5.22. The molecular weight excluding hydrogens is 342 g/mol. The summed E-state index contributed by atoms with van der Waals surface area (Å²) in [5.74, 6) is 1.77. The zero-order chi connectivity index (χ0) is 18.6. The normalized spacial score (nSPS) is 14.4. The van der Waals surface area contributed by atoms with Crippen LogP contribution in [0.15, 0.2) is 59.7 Å². The molecule has 138 valence electrons. The van der Waals surface area contributed by atoms with Crippen LogP contribution in [-0.2, 0) is 0 Å². The highest BCUT2D eigenvalue weighted by Gasteiger charge is 2.25. The third-order valence-corrected chi connectivity index (χ3v) is 4.59. The molecule has 0 radical (unpaired) electrons. The Kier molecular flexibility index (Phi) is 4.74. The second kappa shape index (κ2) is 7.49. The van der Waals surface area contributed by atoms with Gasteiger partial charge in [0.2, 0.25) is 5.95 Å². The molecule has 4 rings (SSSR count). The van der Waals surface area contributed by atoms with Crippen LogP contribution in [0.1, 0.15) is 10.6 Å². The number of rotatable bonds is 5. The van der Waals surface area contributed by atoms with Gasteiger partial charge in [0.15, 0.2) is 5.76 Å². The Hall–Kier alpha value is -3.35. The Labute approximate surface area is 157 Å². The first kappa shape index (κ1) is 17.1. The molecule has 1 aromatic carbocycles. The lowest BCUT2D eigenvalue weighted by molar-refractivity contribution is 0.0714. The number of aromatic nitrogens is 2. The van der Waals surface area contributed by atoms with E-state index in [0.29, 0.717) is 44.4 Å². The van der Waals surface area contributed by atoms with Gasteiger partial charge < -0.3 is 19.5 Å². The van der Waals surface area contributed by atoms with Gasteiger partial charge in [-0.05, 0) is 24.3 Å². The summed E-state index contributed by atoms with van der Waals surface area (Å²) in [6, 6.07) is 11.4. The first-order valence-electron chi connectivity index (χ1n) is 8.95. The van der Waals surface area contributed by atoms with E-state index in [1.807, 2.05) is 24.3 Å². The summed E-state index contributed by atoms with van der Waals surface area (Å²) in [5, 5.41) is 4.27. The fourth-order valence-electron chi connectivity index (χ4n) is 3.17. The van der Waals surface area contributed by atoms with Crippen LogP contribution < -0.4 is 10.2 Å². The number of fused-ring (bicyclic) bond motifs is 1. The lowest BCUT2D eigenvalue weighted by atomic mass is 10.2. The molecule has 7 nitrogen and oxygen atoms in total. The number of nitrogens with zero attached hydrogens (tertiary/aromatic N) is 4. The van der Waals surface area contributed by atoms with Crippen molar-refractivity contribution in [2.75, 3.05) is 42.9 Å². The minimum atomic E-state index is -0.0765. The third kappa shape index (κ3) is 3.48. The van der Waals surface area contributed by atoms with Crippen molar-refractivity contribution in [3.8, 4) is 0 Å². The molecule has 2 aromatic heterocycles. The zero-order valence-electron chi connectivity index (χ0n) is 15.0. The number of benzene rings is 1. The minimum Gasteiger partial charge on any atom is -0.459 e. The van der Waals surface area contributed by atoms with Crippen LogP contribution in [0.4, 0.5) is 11.8 Å². The Morgan fingerprint density at radius 1 is 1.15 bits per heavy atom. The molecule has 27 heavy (non-hydrogen) atoms. The van der Waals surface area contributed by atoms with Gasteiger partial charge in [0.05, 0.1) is 11.8 Å². The zero-order valence-corrected chi connectivity index (χ0v) is 15.0. The SMILES string of the molecule is C=CCNc1nc(N2CCN(C(=O)c3ccco3)CC2)nc2ccccc12. The van der Waals surface area contributed by atoms with Crippen LogP contribution in [0, 0.1) is 0 Å². The number of nitrogens with one attached hydrogen (secondary N) is 1. The Balaban J connectivity index is 1.53. The van der Waals surface area contributed by atoms with Gasteiger partial charge in [-0.25, -0.2) is 4.98 Å². The number of carbonyl (C=O) groups excluding carboxylic acids is 1. The Morgan fingerprint density at radius 2 is 1.96 bits per heavy atom. The molecule has 0 aliphatic carbocycles. The van der Waals surface area contributed by atoms with E-state index < -0.39 is 0 Å². The van der Waals surface area contributed by atoms with Crippen LogP contribution >= 0.6 is 0 Å². The molecule has 1 amide bonds. The molecule has 1 fully saturated rings. The van der Waals surface area contributed by atoms with Crippen molar-refractivity contribution in [1.29, 1.82) is 0 Å². The minimum absolute atomic E-state index is 0.0765. The number of furan rings is 1. The average Bonchev–Trinajstić information content (AvgIpc) is 3.26. The van der Waals surface area contributed by atoms with Crippen molar-refractivity contribution in [3.63, 3.8) is 0 Å². The molecular formula is C20H21N5O2. The van der Waals surface area contributed by atoms with E-state index in [9.17, 15) is 4.79 Å². The highest BCUT2D eigenvalue weighted by molar-refractivity contribution is 5.92. The summed E-state index contributed by atoms with van der Waals surface area (Å²) in [7, 11) is 0. The van der Waals surface area contributed by atoms with Crippen molar-refractivity contribution in [3.05, 3.63) is 61.1 Å². The van der Waals surface area contributed by atoms with E-state index >= 15 is 0 Å². The molecule has 0 atom stereocenters. The first-order chi connectivity index (χ1) is 13.3. The molecule has 0 bridgehead atoms. The van der Waals surface area contributed by atoms with Gasteiger partial charge in [-0.15, -0.1) is 6.58 Å². The van der Waals surface area contributed by atoms with Gasteiger partial charge in [-0.2, -0.15) is 4.98 Å². The van der Waals surface area contributed by atoms with Crippen LogP contribution in [0.5, 0.6) is 0 Å². The Morgan fingerprint density at radius 3 is 2.70 bits per heavy atom. The lowest BCUT2D eigenvalue weighted by Crippen LogP contribution is -2.49. The van der Waals surface area contributed by atoms with E-state index in [1.54, 1.807) is 23.1 Å². The van der Waals surface area contributed by atoms with Gasteiger partial charge in [-0.1, -0.05) is 18.2 Å². The number of amides is 1. The second-order valence-corrected chi connectivity index (χ2v) is 6.32. The fraction of sp³-hybridized carbons (Fsp3) is 0.250. The maximum absolute atomic E-state index is 12.4. The quantitative estimate of drug-likeness (QED) is 0.703. The van der Waals surface area contributed by atoms with Gasteiger partial charge in [0.1, 0.15) is 5.82 Å². The number of hydrogen-bond acceptors (Lipinski definition) is 6. The van der Waals surface area contributed by atoms with E-state index in [2.05, 4.69) is 16.8 Å². The highest BCUT2D eigenvalue weighted by atomic mass is 16.3. The van der Waals surface area contributed by atoms with Gasteiger partial charge in [0, 0.05) is 38.1 Å². The highest BCUT2D eigenvalue weighted by Crippen LogP contribution is 2.24. The third-order valence-electron chi connectivity index (χ3n) is 4.59. The fourth-order valence-corrected chi connectivity index (χ4v) is 3.17. The number of anilines is 2. The lowest BCUT2D eigenvalue weighted by Gasteiger charge is -2.34. The predicted octanol–water partition coefficient (Wildman–Crippen LogP) is 2.78. The topological polar surface area (TPSA) is 74.5 Å². The van der Waals surface area contributed by atoms with Crippen LogP contribution in [-0.4, -0.2) is 53.5 Å². The molecule has 7 heteroatoms. The van der Waals surface area contributed by atoms with Crippen molar-refractivity contribution >= 4 is 28.6 Å². The second-order valence-electron chi connectivity index (χ2n) is 6.32. The maximum atomic E-state index is 12.4. The molecule has 1 saturated heterocycles. The van der Waals surface area contributed by atoms with Crippen LogP contribution in [0.25, 0.3) is 10.9 Å². The van der Waals surface area contributed by atoms with E-state index in [0.717, 1.165) is 16.7 Å². The molecule has 1 N–H and O–H groups in total. The number of piperazine rings is 1. The van der Waals surface area contributed by atoms with Crippen molar-refractivity contribution in [2.45, 2.75) is 0 Å².